The number of thiocarbonyl (C=S) groups is 2. The van der Waals surface area contributed by atoms with E-state index >= 15 is 0 Å². The van der Waals surface area contributed by atoms with Crippen LogP contribution in [0.1, 0.15) is 160 Å². The van der Waals surface area contributed by atoms with Crippen molar-refractivity contribution >= 4 is 64.4 Å². The lowest BCUT2D eigenvalue weighted by molar-refractivity contribution is -0.144. The lowest BCUT2D eigenvalue weighted by atomic mass is 10.0. The van der Waals surface area contributed by atoms with E-state index in [1.54, 1.807) is 0 Å². The largest absolute Gasteiger partial charge is 0.416 e. The molecule has 22 heteroatoms. The number of alkyl halides is 12. The number of aliphatic imine (C=N–C) groups is 1. The Labute approximate surface area is 416 Å². The zero-order valence-corrected chi connectivity index (χ0v) is 42.4. The molecule has 2 aromatic carbocycles. The fourth-order valence-corrected chi connectivity index (χ4v) is 7.59. The third-order valence-electron chi connectivity index (χ3n) is 11.2. The number of anilines is 2. The maximum Gasteiger partial charge on any atom is 0.416 e. The zero-order valence-electron chi connectivity index (χ0n) is 39.9. The normalized spacial score (nSPS) is 13.5. The predicted octanol–water partition coefficient (Wildman–Crippen LogP) is 15.3. The molecule has 2 rings (SSSR count). The molecule has 0 heterocycles. The molecule has 0 spiro atoms. The quantitative estimate of drug-likeness (QED) is 0.0174. The molecule has 2 atom stereocenters. The van der Waals surface area contributed by atoms with Crippen LogP contribution in [-0.2, 0) is 24.7 Å². The van der Waals surface area contributed by atoms with Crippen molar-refractivity contribution in [1.29, 1.82) is 0 Å². The number of nitrogens with zero attached hydrogens (tertiary/aromatic N) is 1. The highest BCUT2D eigenvalue weighted by molar-refractivity contribution is 7.80. The van der Waals surface area contributed by atoms with Crippen molar-refractivity contribution < 1.29 is 52.7 Å². The molecule has 0 saturated heterocycles. The summed E-state index contributed by atoms with van der Waals surface area (Å²) in [5, 5.41) is 16.8. The van der Waals surface area contributed by atoms with Crippen LogP contribution in [0.4, 0.5) is 64.1 Å². The van der Waals surface area contributed by atoms with E-state index in [1.807, 2.05) is 27.7 Å². The van der Waals surface area contributed by atoms with E-state index in [-0.39, 0.29) is 59.7 Å². The monoisotopic (exact) mass is 1060 g/mol. The van der Waals surface area contributed by atoms with Gasteiger partial charge in [0.1, 0.15) is 0 Å². The minimum atomic E-state index is -5.06. The van der Waals surface area contributed by atoms with Gasteiger partial charge in [-0.15, -0.1) is 12.4 Å². The lowest BCUT2D eigenvalue weighted by Crippen LogP contribution is -2.50. The smallest absolute Gasteiger partial charge is 0.358 e. The summed E-state index contributed by atoms with van der Waals surface area (Å²) >= 11 is 10.6. The van der Waals surface area contributed by atoms with Crippen molar-refractivity contribution in [1.82, 2.24) is 21.3 Å². The number of hydrogen-bond donors (Lipinski definition) is 6. The van der Waals surface area contributed by atoms with Gasteiger partial charge in [-0.2, -0.15) is 52.7 Å². The number of benzene rings is 2. The maximum absolute atomic E-state index is 13.5. The van der Waals surface area contributed by atoms with Gasteiger partial charge in [0.25, 0.3) is 0 Å². The first-order valence-corrected chi connectivity index (χ1v) is 24.3. The molecule has 0 aliphatic carbocycles. The number of rotatable bonds is 27. The summed E-state index contributed by atoms with van der Waals surface area (Å²) in [5.41, 5.74) is -7.07. The molecule has 0 aliphatic rings. The number of hydrogen-bond acceptors (Lipinski definition) is 3. The second-order valence-electron chi connectivity index (χ2n) is 17.8. The molecule has 396 valence electrons. The van der Waals surface area contributed by atoms with Gasteiger partial charge in [0, 0.05) is 30.5 Å². The molecular formula is C47H70ClF12N7S2. The van der Waals surface area contributed by atoms with Crippen molar-refractivity contribution in [3.63, 3.8) is 0 Å². The van der Waals surface area contributed by atoms with E-state index in [1.165, 1.54) is 70.6 Å². The first-order chi connectivity index (χ1) is 31.7. The summed E-state index contributed by atoms with van der Waals surface area (Å²) in [6.07, 6.45) is -1.01. The molecule has 6 N–H and O–H groups in total. The summed E-state index contributed by atoms with van der Waals surface area (Å²) < 4.78 is 162. The van der Waals surface area contributed by atoms with Crippen LogP contribution in [0.25, 0.3) is 0 Å². The summed E-state index contributed by atoms with van der Waals surface area (Å²) in [5.74, 6) is -0.0585. The molecule has 0 saturated carbocycles. The second kappa shape index (κ2) is 31.1. The first kappa shape index (κ1) is 63.6. The predicted molar refractivity (Wildman–Crippen MR) is 264 cm³/mol. The Balaban J connectivity index is 0.0000238. The zero-order chi connectivity index (χ0) is 51.1. The Morgan fingerprint density at radius 1 is 0.478 bits per heavy atom. The van der Waals surface area contributed by atoms with Crippen molar-refractivity contribution in [2.45, 2.75) is 174 Å². The Morgan fingerprint density at radius 2 is 0.797 bits per heavy atom. The van der Waals surface area contributed by atoms with E-state index in [0.717, 1.165) is 32.1 Å². The molecule has 0 fully saturated rings. The molecule has 0 bridgehead atoms. The third-order valence-corrected chi connectivity index (χ3v) is 11.6. The third kappa shape index (κ3) is 26.5. The van der Waals surface area contributed by atoms with Gasteiger partial charge in [-0.3, -0.25) is 4.99 Å². The van der Waals surface area contributed by atoms with Crippen LogP contribution in [-0.4, -0.2) is 47.9 Å². The summed E-state index contributed by atoms with van der Waals surface area (Å²) in [6.45, 7) is 10.2. The van der Waals surface area contributed by atoms with Gasteiger partial charge >= 0.3 is 24.7 Å². The number of halogens is 13. The summed E-state index contributed by atoms with van der Waals surface area (Å²) in [4.78, 5) is 4.71. The fraction of sp³-hybridized carbons (Fsp3) is 0.681. The van der Waals surface area contributed by atoms with Gasteiger partial charge in [0.05, 0.1) is 34.8 Å². The Morgan fingerprint density at radius 3 is 1.12 bits per heavy atom. The number of guanidine groups is 1. The van der Waals surface area contributed by atoms with Gasteiger partial charge in [0.15, 0.2) is 16.2 Å². The number of nitrogens with one attached hydrogen (secondary N) is 6. The van der Waals surface area contributed by atoms with Gasteiger partial charge in [-0.1, -0.05) is 131 Å². The van der Waals surface area contributed by atoms with E-state index in [0.29, 0.717) is 36.8 Å². The van der Waals surface area contributed by atoms with Gasteiger partial charge in [-0.05, 0) is 79.1 Å². The standard InChI is InChI=1S/C47H69F12N7S2.ClH/c1-6-7-8-9-10-11-12-13-14-15-16-17-18-19-20-21-22-60-41(61-29-39(31(2)3)65-42(67)63-37-25-33(44(48,49)50)23-34(26-37)45(51,52)53)62-30-40(32(4)5)66-43(68)64-38-27-35(46(54,55)56)24-36(28-38)47(57,58)59;/h23-28,31-32,39-40H,6-22,29-30H2,1-5H3,(H2,60,61,62)(H2,63,65,67)(H2,64,66,68);1H/t39-,40-;/m1./s1. The van der Waals surface area contributed by atoms with Crippen LogP contribution < -0.4 is 31.9 Å². The average Bonchev–Trinajstić information content (AvgIpc) is 3.22. The molecule has 0 radical (unpaired) electrons. The average molecular weight is 1060 g/mol. The molecule has 0 amide bonds. The van der Waals surface area contributed by atoms with Gasteiger partial charge in [-0.25, -0.2) is 0 Å². The van der Waals surface area contributed by atoms with E-state index in [9.17, 15) is 52.7 Å². The second-order valence-corrected chi connectivity index (χ2v) is 18.6. The van der Waals surface area contributed by atoms with Gasteiger partial charge < -0.3 is 31.9 Å². The Kier molecular flexibility index (Phi) is 28.6. The van der Waals surface area contributed by atoms with Crippen molar-refractivity contribution in [2.24, 2.45) is 16.8 Å². The van der Waals surface area contributed by atoms with Crippen LogP contribution in [0, 0.1) is 11.8 Å². The van der Waals surface area contributed by atoms with E-state index < -0.39 is 70.4 Å². The highest BCUT2D eigenvalue weighted by Crippen LogP contribution is 2.39. The first-order valence-electron chi connectivity index (χ1n) is 23.5. The van der Waals surface area contributed by atoms with Crippen molar-refractivity contribution in [2.75, 3.05) is 30.3 Å². The summed E-state index contributed by atoms with van der Waals surface area (Å²) in [7, 11) is 0. The minimum absolute atomic E-state index is 0. The number of unbranched alkanes of at least 4 members (excludes halogenated alkanes) is 15. The molecule has 69 heavy (non-hydrogen) atoms. The van der Waals surface area contributed by atoms with Gasteiger partial charge in [0.2, 0.25) is 0 Å². The van der Waals surface area contributed by atoms with Crippen molar-refractivity contribution in [3.8, 4) is 0 Å². The Bertz CT molecular complexity index is 1770. The van der Waals surface area contributed by atoms with Crippen molar-refractivity contribution in [3.05, 3.63) is 58.7 Å². The molecule has 0 aliphatic heterocycles. The van der Waals surface area contributed by atoms with Crippen LogP contribution in [0.5, 0.6) is 0 Å². The summed E-state index contributed by atoms with van der Waals surface area (Å²) in [6, 6.07) is 1.03. The molecule has 0 unspecified atom stereocenters. The van der Waals surface area contributed by atoms with Crippen LogP contribution in [0.15, 0.2) is 41.4 Å². The van der Waals surface area contributed by atoms with E-state index in [4.69, 9.17) is 29.4 Å². The minimum Gasteiger partial charge on any atom is -0.358 e. The van der Waals surface area contributed by atoms with Crippen LogP contribution in [0.3, 0.4) is 0 Å². The highest BCUT2D eigenvalue weighted by atomic mass is 35.5. The fourth-order valence-electron chi connectivity index (χ4n) is 7.05. The maximum atomic E-state index is 13.5. The molecule has 0 aromatic heterocycles. The van der Waals surface area contributed by atoms with Crippen LogP contribution in [0.2, 0.25) is 0 Å². The molecule has 7 nitrogen and oxygen atoms in total. The highest BCUT2D eigenvalue weighted by Gasteiger charge is 2.38. The van der Waals surface area contributed by atoms with Crippen LogP contribution >= 0.6 is 36.8 Å². The van der Waals surface area contributed by atoms with E-state index in [2.05, 4.69) is 38.8 Å². The SMILES string of the molecule is CCCCCCCCCCCCCCCCCCNC(=NC[C@@H](NC(=S)Nc1cc(C(F)(F)F)cc(C(F)(F)F)c1)C(C)C)NC[C@@H](NC(=S)Nc1cc(C(F)(F)F)cc(C(F)(F)F)c1)C(C)C.Cl. The Hall–Kier alpha value is -3.46. The molecular weight excluding hydrogens is 990 g/mol. The topological polar surface area (TPSA) is 84.5 Å². The lowest BCUT2D eigenvalue weighted by Gasteiger charge is -2.27. The molecule has 2 aromatic rings.